The summed E-state index contributed by atoms with van der Waals surface area (Å²) >= 11 is 0. The highest BCUT2D eigenvalue weighted by Crippen LogP contribution is 2.34. The number of carbonyl (C=O) groups excluding carboxylic acids is 2. The number of fused-ring (bicyclic) bond motifs is 2. The molecule has 1 fully saturated rings. The number of urea groups is 1. The molecule has 2 heterocycles. The van der Waals surface area contributed by atoms with Crippen LogP contribution in [0.4, 0.5) is 4.79 Å². The van der Waals surface area contributed by atoms with Crippen molar-refractivity contribution in [3.63, 3.8) is 0 Å². The topological polar surface area (TPSA) is 159 Å². The van der Waals surface area contributed by atoms with E-state index >= 15 is 0 Å². The summed E-state index contributed by atoms with van der Waals surface area (Å²) in [5.41, 5.74) is 3.18. The maximum absolute atomic E-state index is 12.1. The van der Waals surface area contributed by atoms with E-state index in [1.54, 1.807) is 0 Å². The molecule has 2 bridgehead atoms. The Hall–Kier alpha value is -1.69. The molecule has 10 nitrogen and oxygen atoms in total. The molecule has 0 aromatic carbocycles. The Balaban J connectivity index is 2.29. The molecule has 0 radical (unpaired) electrons. The lowest BCUT2D eigenvalue weighted by Gasteiger charge is -2.36. The number of aliphatic hydroxyl groups is 1. The quantitative estimate of drug-likeness (QED) is 0.406. The first-order chi connectivity index (χ1) is 9.07. The van der Waals surface area contributed by atoms with E-state index in [2.05, 4.69) is 0 Å². The SMILES string of the molecule is CC1=CC2CN(C(=O)N2CNS(N)(=O)=O)C1(O)C(N)=O. The smallest absolute Gasteiger partial charge is 0.324 e. The first-order valence-electron chi connectivity index (χ1n) is 5.64. The van der Waals surface area contributed by atoms with Crippen molar-refractivity contribution in [3.8, 4) is 0 Å². The van der Waals surface area contributed by atoms with Crippen molar-refractivity contribution in [2.45, 2.75) is 18.7 Å². The van der Waals surface area contributed by atoms with Gasteiger partial charge in [-0.05, 0) is 12.5 Å². The molecule has 11 heteroatoms. The fourth-order valence-electron chi connectivity index (χ4n) is 2.36. The number of nitrogens with zero attached hydrogens (tertiary/aromatic N) is 2. The maximum atomic E-state index is 12.1. The van der Waals surface area contributed by atoms with Crippen molar-refractivity contribution in [1.29, 1.82) is 0 Å². The summed E-state index contributed by atoms with van der Waals surface area (Å²) < 4.78 is 23.7. The Bertz CT molecular complexity index is 602. The van der Waals surface area contributed by atoms with Gasteiger partial charge in [0.1, 0.15) is 0 Å². The maximum Gasteiger partial charge on any atom is 0.324 e. The van der Waals surface area contributed by atoms with Crippen LogP contribution in [0, 0.1) is 0 Å². The molecule has 112 valence electrons. The molecule has 20 heavy (non-hydrogen) atoms. The highest BCUT2D eigenvalue weighted by molar-refractivity contribution is 7.87. The molecular weight excluding hydrogens is 290 g/mol. The summed E-state index contributed by atoms with van der Waals surface area (Å²) in [6, 6.07) is -1.18. The third-order valence-corrected chi connectivity index (χ3v) is 3.94. The zero-order chi connectivity index (χ0) is 15.3. The molecule has 2 unspecified atom stereocenters. The number of amides is 3. The van der Waals surface area contributed by atoms with Gasteiger partial charge in [-0.25, -0.2) is 9.93 Å². The van der Waals surface area contributed by atoms with Crippen LogP contribution in [0.3, 0.4) is 0 Å². The number of nitrogens with two attached hydrogens (primary N) is 2. The van der Waals surface area contributed by atoms with Crippen molar-refractivity contribution in [3.05, 3.63) is 11.6 Å². The standard InChI is InChI=1S/C9H15N5O5S/c1-5-2-6-3-14(9(5,17)7(10)15)8(16)13(6)4-12-20(11,18)19/h2,6,12,17H,3-4H2,1H3,(H2,10,15)(H2,11,18,19). The van der Waals surface area contributed by atoms with Crippen molar-refractivity contribution in [2.75, 3.05) is 13.2 Å². The Morgan fingerprint density at radius 2 is 2.25 bits per heavy atom. The highest BCUT2D eigenvalue weighted by Gasteiger charge is 2.55. The summed E-state index contributed by atoms with van der Waals surface area (Å²) in [5.74, 6) is -1.07. The summed E-state index contributed by atoms with van der Waals surface area (Å²) in [5, 5.41) is 15.1. The van der Waals surface area contributed by atoms with Gasteiger partial charge in [0.05, 0.1) is 19.3 Å². The fraction of sp³-hybridized carbons (Fsp3) is 0.556. The van der Waals surface area contributed by atoms with Crippen LogP contribution in [0.15, 0.2) is 11.6 Å². The van der Waals surface area contributed by atoms with Crippen LogP contribution in [0.1, 0.15) is 6.92 Å². The second-order valence-corrected chi connectivity index (χ2v) is 6.04. The van der Waals surface area contributed by atoms with Gasteiger partial charge in [-0.3, -0.25) is 9.69 Å². The number of carbonyl (C=O) groups is 2. The second kappa shape index (κ2) is 4.41. The van der Waals surface area contributed by atoms with Crippen LogP contribution in [-0.4, -0.2) is 60.2 Å². The van der Waals surface area contributed by atoms with Gasteiger partial charge in [-0.1, -0.05) is 6.08 Å². The van der Waals surface area contributed by atoms with Crippen LogP contribution in [-0.2, 0) is 15.0 Å². The zero-order valence-electron chi connectivity index (χ0n) is 10.6. The van der Waals surface area contributed by atoms with Crippen LogP contribution in [0.5, 0.6) is 0 Å². The minimum atomic E-state index is -3.96. The van der Waals surface area contributed by atoms with Gasteiger partial charge in [-0.15, -0.1) is 0 Å². The first-order valence-corrected chi connectivity index (χ1v) is 7.19. The van der Waals surface area contributed by atoms with Crippen molar-refractivity contribution < 1.29 is 23.1 Å². The Kier molecular flexibility index (Phi) is 3.25. The normalized spacial score (nSPS) is 29.6. The third kappa shape index (κ3) is 2.14. The first kappa shape index (κ1) is 14.7. The molecule has 2 rings (SSSR count). The molecule has 0 aromatic heterocycles. The van der Waals surface area contributed by atoms with Crippen LogP contribution >= 0.6 is 0 Å². The van der Waals surface area contributed by atoms with E-state index < -0.39 is 33.9 Å². The van der Waals surface area contributed by atoms with Gasteiger partial charge in [0.2, 0.25) is 5.72 Å². The predicted molar refractivity (Wildman–Crippen MR) is 66.7 cm³/mol. The second-order valence-electron chi connectivity index (χ2n) is 4.66. The Labute approximate surface area is 115 Å². The van der Waals surface area contributed by atoms with Crippen LogP contribution in [0.25, 0.3) is 0 Å². The molecule has 6 N–H and O–H groups in total. The molecule has 0 aromatic rings. The third-order valence-electron chi connectivity index (χ3n) is 3.41. The Morgan fingerprint density at radius 1 is 1.65 bits per heavy atom. The number of nitrogens with one attached hydrogen (secondary N) is 1. The van der Waals surface area contributed by atoms with Gasteiger partial charge in [-0.2, -0.15) is 13.1 Å². The average Bonchev–Trinajstić information content (AvgIpc) is 2.57. The van der Waals surface area contributed by atoms with Gasteiger partial charge in [0.15, 0.2) is 0 Å². The molecule has 0 saturated carbocycles. The molecule has 0 aliphatic carbocycles. The van der Waals surface area contributed by atoms with E-state index in [-0.39, 0.29) is 18.8 Å². The summed E-state index contributed by atoms with van der Waals surface area (Å²) in [6.45, 7) is 1.13. The van der Waals surface area contributed by atoms with E-state index in [4.69, 9.17) is 10.9 Å². The minimum absolute atomic E-state index is 0.0297. The molecule has 3 amide bonds. The van der Waals surface area contributed by atoms with Crippen molar-refractivity contribution in [1.82, 2.24) is 14.5 Å². The number of hydrogen-bond acceptors (Lipinski definition) is 5. The zero-order valence-corrected chi connectivity index (χ0v) is 11.4. The molecule has 1 saturated heterocycles. The lowest BCUT2D eigenvalue weighted by Crippen LogP contribution is -2.60. The average molecular weight is 305 g/mol. The summed E-state index contributed by atoms with van der Waals surface area (Å²) in [6.07, 6.45) is 1.50. The van der Waals surface area contributed by atoms with Gasteiger partial charge in [0, 0.05) is 0 Å². The number of primary amides is 1. The predicted octanol–water partition coefficient (Wildman–Crippen LogP) is -3.02. The molecule has 2 atom stereocenters. The van der Waals surface area contributed by atoms with E-state index in [0.717, 1.165) is 9.80 Å². The Morgan fingerprint density at radius 3 is 2.75 bits per heavy atom. The summed E-state index contributed by atoms with van der Waals surface area (Å²) in [7, 11) is -3.96. The fourth-order valence-corrected chi connectivity index (χ4v) is 2.68. The lowest BCUT2D eigenvalue weighted by molar-refractivity contribution is -0.145. The van der Waals surface area contributed by atoms with E-state index in [1.165, 1.54) is 13.0 Å². The number of rotatable bonds is 4. The van der Waals surface area contributed by atoms with E-state index in [9.17, 15) is 23.1 Å². The molecule has 2 aliphatic rings. The molecule has 0 spiro atoms. The summed E-state index contributed by atoms with van der Waals surface area (Å²) in [4.78, 5) is 25.6. The van der Waals surface area contributed by atoms with Crippen molar-refractivity contribution in [2.24, 2.45) is 10.9 Å². The van der Waals surface area contributed by atoms with E-state index in [0.29, 0.717) is 0 Å². The lowest BCUT2D eigenvalue weighted by atomic mass is 9.96. The van der Waals surface area contributed by atoms with Crippen molar-refractivity contribution >= 4 is 22.1 Å². The number of hydrogen-bond donors (Lipinski definition) is 4. The highest BCUT2D eigenvalue weighted by atomic mass is 32.2. The van der Waals surface area contributed by atoms with Gasteiger partial charge in [0.25, 0.3) is 16.1 Å². The monoisotopic (exact) mass is 305 g/mol. The molecular formula is C9H15N5O5S. The van der Waals surface area contributed by atoms with Crippen LogP contribution in [0.2, 0.25) is 0 Å². The van der Waals surface area contributed by atoms with Crippen LogP contribution < -0.4 is 15.6 Å². The minimum Gasteiger partial charge on any atom is -0.365 e. The van der Waals surface area contributed by atoms with Gasteiger partial charge >= 0.3 is 6.03 Å². The molecule has 2 aliphatic heterocycles. The van der Waals surface area contributed by atoms with E-state index in [1.807, 2.05) is 4.72 Å². The largest absolute Gasteiger partial charge is 0.365 e. The van der Waals surface area contributed by atoms with Gasteiger partial charge < -0.3 is 15.7 Å².